The van der Waals surface area contributed by atoms with Crippen molar-refractivity contribution in [3.05, 3.63) is 35.4 Å². The summed E-state index contributed by atoms with van der Waals surface area (Å²) in [7, 11) is 0. The van der Waals surface area contributed by atoms with Gasteiger partial charge in [0.15, 0.2) is 11.9 Å². The molecule has 2 N–H and O–H groups in total. The highest BCUT2D eigenvalue weighted by Gasteiger charge is 2.74. The molecule has 9 heteroatoms. The molecule has 0 saturated carbocycles. The van der Waals surface area contributed by atoms with Crippen molar-refractivity contribution < 1.29 is 28.7 Å². The van der Waals surface area contributed by atoms with Gasteiger partial charge in [0.2, 0.25) is 0 Å². The van der Waals surface area contributed by atoms with Crippen molar-refractivity contribution in [2.24, 2.45) is 10.8 Å². The zero-order valence-electron chi connectivity index (χ0n) is 21.5. The van der Waals surface area contributed by atoms with Gasteiger partial charge in [0, 0.05) is 11.0 Å². The van der Waals surface area contributed by atoms with E-state index in [0.717, 1.165) is 19.3 Å². The number of unbranched alkanes of at least 4 members (excludes halogenated alkanes) is 2. The van der Waals surface area contributed by atoms with Crippen molar-refractivity contribution in [3.8, 4) is 0 Å². The summed E-state index contributed by atoms with van der Waals surface area (Å²) in [5.74, 6) is -0.897. The average Bonchev–Trinajstić information content (AvgIpc) is 3.40. The van der Waals surface area contributed by atoms with Gasteiger partial charge in [0.25, 0.3) is 5.91 Å². The Morgan fingerprint density at radius 1 is 1.26 bits per heavy atom. The summed E-state index contributed by atoms with van der Waals surface area (Å²) in [6, 6.07) is 6.16. The third-order valence-corrected chi connectivity index (χ3v) is 6.61. The molecule has 2 saturated heterocycles. The van der Waals surface area contributed by atoms with E-state index in [4.69, 9.17) is 9.47 Å². The van der Waals surface area contributed by atoms with Gasteiger partial charge in [-0.3, -0.25) is 25.1 Å². The third-order valence-electron chi connectivity index (χ3n) is 6.61. The van der Waals surface area contributed by atoms with Crippen molar-refractivity contribution in [2.45, 2.75) is 85.0 Å². The monoisotopic (exact) mass is 487 g/mol. The molecule has 2 amide bonds. The number of aldehydes is 1. The number of carbonyl (C=O) groups excluding carboxylic acids is 4. The normalized spacial score (nSPS) is 27.3. The van der Waals surface area contributed by atoms with Crippen LogP contribution in [0.2, 0.25) is 0 Å². The zero-order chi connectivity index (χ0) is 26.0. The number of amides is 2. The molecule has 2 aliphatic heterocycles. The predicted octanol–water partition coefficient (Wildman–Crippen LogP) is 3.83. The molecule has 4 atom stereocenters. The summed E-state index contributed by atoms with van der Waals surface area (Å²) in [6.07, 6.45) is 2.68. The largest absolute Gasteiger partial charge is 0.457 e. The standard InChI is InChI=1S/C26H37N3O6/c1-7-8-9-14-19-26(29(19)28-20(31)18-13-11-10-12-17(18)15-30)21(35-22(32)24(2,3)4)25(5,6)16-34-23(33)27-26/h10-13,15,19,21H,7-9,14,16H2,1-6H3,(H,27,33)(H,28,31)/t19-,21+,26-,29?/m1/s1. The van der Waals surface area contributed by atoms with Crippen molar-refractivity contribution in [1.82, 2.24) is 15.8 Å². The lowest BCUT2D eigenvalue weighted by Crippen LogP contribution is -2.58. The van der Waals surface area contributed by atoms with Crippen LogP contribution in [-0.4, -0.2) is 53.7 Å². The number of esters is 1. The van der Waals surface area contributed by atoms with Crippen LogP contribution < -0.4 is 10.7 Å². The maximum atomic E-state index is 13.2. The minimum absolute atomic E-state index is 0.0418. The van der Waals surface area contributed by atoms with E-state index in [0.29, 0.717) is 12.7 Å². The first-order chi connectivity index (χ1) is 16.4. The van der Waals surface area contributed by atoms with Crippen molar-refractivity contribution in [1.29, 1.82) is 0 Å². The highest BCUT2D eigenvalue weighted by atomic mass is 16.6. The number of alkyl carbamates (subject to hydrolysis) is 1. The summed E-state index contributed by atoms with van der Waals surface area (Å²) in [5, 5.41) is 4.56. The Morgan fingerprint density at radius 3 is 2.57 bits per heavy atom. The van der Waals surface area contributed by atoms with E-state index in [1.807, 2.05) is 13.8 Å². The van der Waals surface area contributed by atoms with Gasteiger partial charge in [-0.05, 0) is 33.3 Å². The van der Waals surface area contributed by atoms with Gasteiger partial charge < -0.3 is 9.47 Å². The molecule has 0 radical (unpaired) electrons. The third kappa shape index (κ3) is 5.34. The zero-order valence-corrected chi connectivity index (χ0v) is 21.5. The smallest absolute Gasteiger partial charge is 0.408 e. The van der Waals surface area contributed by atoms with Gasteiger partial charge in [-0.2, -0.15) is 5.01 Å². The molecule has 2 fully saturated rings. The molecule has 35 heavy (non-hydrogen) atoms. The number of cyclic esters (lactones) is 1. The number of ether oxygens (including phenoxy) is 2. The molecule has 3 rings (SSSR count). The molecule has 192 valence electrons. The number of nitrogens with one attached hydrogen (secondary N) is 2. The molecule has 0 aliphatic carbocycles. The van der Waals surface area contributed by atoms with Crippen LogP contribution in [0, 0.1) is 10.8 Å². The molecule has 9 nitrogen and oxygen atoms in total. The second-order valence-electron chi connectivity index (χ2n) is 11.1. The molecular formula is C26H37N3O6. The van der Waals surface area contributed by atoms with E-state index >= 15 is 0 Å². The van der Waals surface area contributed by atoms with Crippen LogP contribution in [0.3, 0.4) is 0 Å². The SMILES string of the molecule is CCCCC[C@H]1N(NC(=O)c2ccccc2C=O)[C@]12NC(=O)OCC(C)(C)[C@@H]2OC(=O)C(C)(C)C. The van der Waals surface area contributed by atoms with Gasteiger partial charge in [-0.25, -0.2) is 4.79 Å². The second kappa shape index (κ2) is 9.97. The first kappa shape index (κ1) is 26.7. The van der Waals surface area contributed by atoms with Crippen LogP contribution in [-0.2, 0) is 14.3 Å². The van der Waals surface area contributed by atoms with Crippen LogP contribution in [0.25, 0.3) is 0 Å². The number of benzene rings is 1. The fraction of sp³-hybridized carbons (Fsp3) is 0.615. The number of nitrogens with zero attached hydrogens (tertiary/aromatic N) is 1. The molecule has 2 heterocycles. The molecule has 1 aromatic rings. The highest BCUT2D eigenvalue weighted by Crippen LogP contribution is 2.51. The summed E-state index contributed by atoms with van der Waals surface area (Å²) in [6.45, 7) is 11.2. The number of hydrogen-bond acceptors (Lipinski definition) is 7. The number of carbonyl (C=O) groups is 4. The summed E-state index contributed by atoms with van der Waals surface area (Å²) in [4.78, 5) is 50.4. The van der Waals surface area contributed by atoms with Crippen LogP contribution in [0.5, 0.6) is 0 Å². The fourth-order valence-electron chi connectivity index (χ4n) is 4.61. The van der Waals surface area contributed by atoms with E-state index < -0.39 is 40.6 Å². The summed E-state index contributed by atoms with van der Waals surface area (Å²) in [5.41, 5.74) is 0.664. The van der Waals surface area contributed by atoms with E-state index in [1.54, 1.807) is 50.0 Å². The first-order valence-electron chi connectivity index (χ1n) is 12.2. The molecular weight excluding hydrogens is 450 g/mol. The Morgan fingerprint density at radius 2 is 1.94 bits per heavy atom. The summed E-state index contributed by atoms with van der Waals surface area (Å²) >= 11 is 0. The van der Waals surface area contributed by atoms with Crippen LogP contribution in [0.4, 0.5) is 4.79 Å². The molecule has 1 unspecified atom stereocenters. The van der Waals surface area contributed by atoms with Crippen LogP contribution >= 0.6 is 0 Å². The van der Waals surface area contributed by atoms with Gasteiger partial charge in [0.05, 0.1) is 17.0 Å². The van der Waals surface area contributed by atoms with E-state index in [9.17, 15) is 19.2 Å². The molecule has 1 spiro atoms. The van der Waals surface area contributed by atoms with Gasteiger partial charge in [-0.1, -0.05) is 58.2 Å². The number of hydrogen-bond donors (Lipinski definition) is 2. The predicted molar refractivity (Wildman–Crippen MR) is 129 cm³/mol. The van der Waals surface area contributed by atoms with Gasteiger partial charge in [-0.15, -0.1) is 0 Å². The maximum absolute atomic E-state index is 13.2. The number of rotatable bonds is 8. The molecule has 0 aromatic heterocycles. The Hall–Kier alpha value is -2.94. The van der Waals surface area contributed by atoms with Crippen molar-refractivity contribution >= 4 is 24.3 Å². The van der Waals surface area contributed by atoms with Crippen molar-refractivity contribution in [2.75, 3.05) is 6.61 Å². The maximum Gasteiger partial charge on any atom is 0.408 e. The van der Waals surface area contributed by atoms with Crippen LogP contribution in [0.1, 0.15) is 87.9 Å². The van der Waals surface area contributed by atoms with Crippen molar-refractivity contribution in [3.63, 3.8) is 0 Å². The Kier molecular flexibility index (Phi) is 7.59. The second-order valence-corrected chi connectivity index (χ2v) is 11.1. The average molecular weight is 488 g/mol. The Bertz CT molecular complexity index is 986. The summed E-state index contributed by atoms with van der Waals surface area (Å²) < 4.78 is 11.5. The minimum Gasteiger partial charge on any atom is -0.457 e. The minimum atomic E-state index is -1.18. The lowest BCUT2D eigenvalue weighted by molar-refractivity contribution is -0.170. The van der Waals surface area contributed by atoms with Gasteiger partial charge in [0.1, 0.15) is 12.7 Å². The van der Waals surface area contributed by atoms with E-state index in [2.05, 4.69) is 17.7 Å². The Labute approximate surface area is 206 Å². The lowest BCUT2D eigenvalue weighted by Gasteiger charge is -2.37. The molecule has 0 bridgehead atoms. The number of hydrazine groups is 1. The quantitative estimate of drug-likeness (QED) is 0.248. The van der Waals surface area contributed by atoms with E-state index in [1.165, 1.54) is 0 Å². The van der Waals surface area contributed by atoms with E-state index in [-0.39, 0.29) is 23.8 Å². The Balaban J connectivity index is 2.01. The molecule has 1 aromatic carbocycles. The van der Waals surface area contributed by atoms with Gasteiger partial charge >= 0.3 is 12.1 Å². The topological polar surface area (TPSA) is 114 Å². The lowest BCUT2D eigenvalue weighted by atomic mass is 9.81. The highest BCUT2D eigenvalue weighted by molar-refractivity contribution is 6.01. The first-order valence-corrected chi connectivity index (χ1v) is 12.2. The van der Waals surface area contributed by atoms with Crippen LogP contribution in [0.15, 0.2) is 24.3 Å². The molecule has 2 aliphatic rings. The fourth-order valence-corrected chi connectivity index (χ4v) is 4.61.